The molecule has 2 amide bonds. The van der Waals surface area contributed by atoms with Crippen LogP contribution in [0.2, 0.25) is 0 Å². The van der Waals surface area contributed by atoms with Crippen LogP contribution in [0.4, 0.5) is 5.69 Å². The van der Waals surface area contributed by atoms with Crippen LogP contribution in [-0.4, -0.2) is 42.4 Å². The number of hydrogen-bond donors (Lipinski definition) is 1. The number of carbonyl (C=O) groups is 2. The summed E-state index contributed by atoms with van der Waals surface area (Å²) in [7, 11) is 3.34. The number of para-hydroxylation sites is 1. The predicted molar refractivity (Wildman–Crippen MR) is 100 cm³/mol. The zero-order valence-corrected chi connectivity index (χ0v) is 14.6. The molecule has 0 radical (unpaired) electrons. The molecule has 6 nitrogen and oxygen atoms in total. The van der Waals surface area contributed by atoms with Crippen molar-refractivity contribution in [2.24, 2.45) is 0 Å². The summed E-state index contributed by atoms with van der Waals surface area (Å²) in [5.74, 6) is 0.152. The lowest BCUT2D eigenvalue weighted by Crippen LogP contribution is -2.27. The molecule has 26 heavy (non-hydrogen) atoms. The monoisotopic (exact) mass is 349 g/mol. The largest absolute Gasteiger partial charge is 0.484 e. The number of ether oxygens (including phenoxy) is 1. The van der Waals surface area contributed by atoms with Crippen molar-refractivity contribution in [2.45, 2.75) is 0 Å². The fraction of sp³-hybridized carbons (Fsp3) is 0.150. The van der Waals surface area contributed by atoms with E-state index in [2.05, 4.69) is 10.3 Å². The summed E-state index contributed by atoms with van der Waals surface area (Å²) in [5.41, 5.74) is 1.74. The fourth-order valence-corrected chi connectivity index (χ4v) is 2.30. The standard InChI is InChI=1S/C20H19N3O3/c1-23(2)19(24)13-26-16-10-8-15(9-11-16)21-20(25)18-12-7-14-5-3-4-6-17(14)22-18/h3-12H,13H2,1-2H3,(H,21,25). The Kier molecular flexibility index (Phi) is 5.12. The van der Waals surface area contributed by atoms with Crippen molar-refractivity contribution in [1.29, 1.82) is 0 Å². The first-order valence-corrected chi connectivity index (χ1v) is 8.13. The lowest BCUT2D eigenvalue weighted by Gasteiger charge is -2.11. The second-order valence-electron chi connectivity index (χ2n) is 5.94. The van der Waals surface area contributed by atoms with Crippen molar-refractivity contribution >= 4 is 28.4 Å². The first kappa shape index (κ1) is 17.4. The van der Waals surface area contributed by atoms with Gasteiger partial charge in [-0.25, -0.2) is 4.98 Å². The van der Waals surface area contributed by atoms with Gasteiger partial charge in [0.15, 0.2) is 6.61 Å². The third-order valence-corrected chi connectivity index (χ3v) is 3.80. The Labute approximate surface area is 151 Å². The lowest BCUT2D eigenvalue weighted by molar-refractivity contribution is -0.130. The van der Waals surface area contributed by atoms with Crippen molar-refractivity contribution in [3.8, 4) is 5.75 Å². The Morgan fingerprint density at radius 1 is 1.00 bits per heavy atom. The number of likely N-dealkylation sites (N-methyl/N-ethyl adjacent to an activating group) is 1. The van der Waals surface area contributed by atoms with Gasteiger partial charge in [-0.2, -0.15) is 0 Å². The van der Waals surface area contributed by atoms with Gasteiger partial charge in [-0.15, -0.1) is 0 Å². The Hall–Kier alpha value is -3.41. The number of amides is 2. The summed E-state index contributed by atoms with van der Waals surface area (Å²) in [4.78, 5) is 29.7. The highest BCUT2D eigenvalue weighted by atomic mass is 16.5. The molecule has 0 fully saturated rings. The molecule has 6 heteroatoms. The van der Waals surface area contributed by atoms with Crippen molar-refractivity contribution in [1.82, 2.24) is 9.88 Å². The number of nitrogens with zero attached hydrogens (tertiary/aromatic N) is 2. The minimum absolute atomic E-state index is 0.0281. The molecular weight excluding hydrogens is 330 g/mol. The molecular formula is C20H19N3O3. The van der Waals surface area contributed by atoms with E-state index >= 15 is 0 Å². The predicted octanol–water partition coefficient (Wildman–Crippen LogP) is 2.95. The van der Waals surface area contributed by atoms with Gasteiger partial charge >= 0.3 is 0 Å². The zero-order valence-electron chi connectivity index (χ0n) is 14.6. The van der Waals surface area contributed by atoms with Crippen molar-refractivity contribution in [2.75, 3.05) is 26.0 Å². The van der Waals surface area contributed by atoms with Gasteiger partial charge in [-0.3, -0.25) is 9.59 Å². The van der Waals surface area contributed by atoms with Crippen LogP contribution in [0.3, 0.4) is 0 Å². The average molecular weight is 349 g/mol. The first-order valence-electron chi connectivity index (χ1n) is 8.13. The molecule has 1 aromatic heterocycles. The van der Waals surface area contributed by atoms with Crippen LogP contribution >= 0.6 is 0 Å². The highest BCUT2D eigenvalue weighted by molar-refractivity contribution is 6.04. The molecule has 0 bridgehead atoms. The van der Waals surface area contributed by atoms with Gasteiger partial charge in [0.1, 0.15) is 11.4 Å². The number of aromatic nitrogens is 1. The Balaban J connectivity index is 1.64. The summed E-state index contributed by atoms with van der Waals surface area (Å²) in [6.07, 6.45) is 0. The maximum atomic E-state index is 12.4. The molecule has 1 N–H and O–H groups in total. The molecule has 3 rings (SSSR count). The Morgan fingerprint density at radius 2 is 1.73 bits per heavy atom. The van der Waals surface area contributed by atoms with Crippen LogP contribution in [0.5, 0.6) is 5.75 Å². The van der Waals surface area contributed by atoms with E-state index in [0.717, 1.165) is 10.9 Å². The minimum Gasteiger partial charge on any atom is -0.484 e. The molecule has 0 aliphatic rings. The van der Waals surface area contributed by atoms with Crippen molar-refractivity contribution < 1.29 is 14.3 Å². The highest BCUT2D eigenvalue weighted by Gasteiger charge is 2.09. The normalized spacial score (nSPS) is 10.4. The molecule has 0 spiro atoms. The van der Waals surface area contributed by atoms with Gasteiger partial charge in [-0.1, -0.05) is 24.3 Å². The summed E-state index contributed by atoms with van der Waals surface area (Å²) in [5, 5.41) is 3.79. The number of anilines is 1. The summed E-state index contributed by atoms with van der Waals surface area (Å²) in [6.45, 7) is -0.0281. The van der Waals surface area contributed by atoms with Crippen molar-refractivity contribution in [3.05, 3.63) is 66.4 Å². The SMILES string of the molecule is CN(C)C(=O)COc1ccc(NC(=O)c2ccc3ccccc3n2)cc1. The maximum absolute atomic E-state index is 12.4. The van der Waals surface area contributed by atoms with Crippen LogP contribution in [0.15, 0.2) is 60.7 Å². The van der Waals surface area contributed by atoms with Crippen molar-refractivity contribution in [3.63, 3.8) is 0 Å². The topological polar surface area (TPSA) is 71.5 Å². The Bertz CT molecular complexity index is 936. The molecule has 132 valence electrons. The maximum Gasteiger partial charge on any atom is 0.274 e. The number of rotatable bonds is 5. The van der Waals surface area contributed by atoms with Gasteiger partial charge < -0.3 is 15.0 Å². The third-order valence-electron chi connectivity index (χ3n) is 3.80. The van der Waals surface area contributed by atoms with E-state index in [1.165, 1.54) is 4.90 Å². The van der Waals surface area contributed by atoms with Crippen LogP contribution < -0.4 is 10.1 Å². The van der Waals surface area contributed by atoms with Crippen LogP contribution in [0.1, 0.15) is 10.5 Å². The molecule has 0 saturated carbocycles. The molecule has 0 unspecified atom stereocenters. The van der Waals surface area contributed by atoms with E-state index < -0.39 is 0 Å². The van der Waals surface area contributed by atoms with Gasteiger partial charge in [0.2, 0.25) is 0 Å². The van der Waals surface area contributed by atoms with E-state index in [1.54, 1.807) is 44.4 Å². The number of fused-ring (bicyclic) bond motifs is 1. The number of pyridine rings is 1. The highest BCUT2D eigenvalue weighted by Crippen LogP contribution is 2.17. The van der Waals surface area contributed by atoms with E-state index in [0.29, 0.717) is 17.1 Å². The van der Waals surface area contributed by atoms with E-state index in [1.807, 2.05) is 30.3 Å². The van der Waals surface area contributed by atoms with Gasteiger partial charge in [0.05, 0.1) is 5.52 Å². The molecule has 3 aromatic rings. The summed E-state index contributed by atoms with van der Waals surface area (Å²) in [6, 6.07) is 18.0. The van der Waals surface area contributed by atoms with Crippen LogP contribution in [-0.2, 0) is 4.79 Å². The average Bonchev–Trinajstić information content (AvgIpc) is 2.66. The molecule has 1 heterocycles. The molecule has 2 aromatic carbocycles. The molecule has 0 aliphatic carbocycles. The molecule has 0 aliphatic heterocycles. The first-order chi connectivity index (χ1) is 12.5. The summed E-state index contributed by atoms with van der Waals surface area (Å²) >= 11 is 0. The number of hydrogen-bond acceptors (Lipinski definition) is 4. The Morgan fingerprint density at radius 3 is 2.46 bits per heavy atom. The van der Waals surface area contributed by atoms with Gasteiger partial charge in [0, 0.05) is 25.2 Å². The molecule has 0 atom stereocenters. The van der Waals surface area contributed by atoms with E-state index in [4.69, 9.17) is 4.74 Å². The van der Waals surface area contributed by atoms with Crippen LogP contribution in [0, 0.1) is 0 Å². The molecule has 0 saturated heterocycles. The number of nitrogens with one attached hydrogen (secondary N) is 1. The lowest BCUT2D eigenvalue weighted by atomic mass is 10.2. The second-order valence-corrected chi connectivity index (χ2v) is 5.94. The zero-order chi connectivity index (χ0) is 18.5. The number of carbonyl (C=O) groups excluding carboxylic acids is 2. The van der Waals surface area contributed by atoms with E-state index in [-0.39, 0.29) is 18.4 Å². The third kappa shape index (κ3) is 4.16. The quantitative estimate of drug-likeness (QED) is 0.769. The second kappa shape index (κ2) is 7.65. The van der Waals surface area contributed by atoms with Crippen LogP contribution in [0.25, 0.3) is 10.9 Å². The minimum atomic E-state index is -0.285. The van der Waals surface area contributed by atoms with Gasteiger partial charge in [-0.05, 0) is 36.4 Å². The summed E-state index contributed by atoms with van der Waals surface area (Å²) < 4.78 is 5.41. The van der Waals surface area contributed by atoms with Gasteiger partial charge in [0.25, 0.3) is 11.8 Å². The number of benzene rings is 2. The smallest absolute Gasteiger partial charge is 0.274 e. The fourth-order valence-electron chi connectivity index (χ4n) is 2.30. The van der Waals surface area contributed by atoms with E-state index in [9.17, 15) is 9.59 Å².